The van der Waals surface area contributed by atoms with Crippen LogP contribution >= 0.6 is 11.3 Å². The molecule has 26 heavy (non-hydrogen) atoms. The first-order chi connectivity index (χ1) is 12.6. The zero-order valence-electron chi connectivity index (χ0n) is 15.4. The summed E-state index contributed by atoms with van der Waals surface area (Å²) in [7, 11) is 0. The van der Waals surface area contributed by atoms with Crippen LogP contribution in [0.2, 0.25) is 0 Å². The van der Waals surface area contributed by atoms with E-state index >= 15 is 0 Å². The number of amides is 2. The Balaban J connectivity index is 1.52. The van der Waals surface area contributed by atoms with E-state index in [1.807, 2.05) is 24.9 Å². The van der Waals surface area contributed by atoms with E-state index in [1.165, 1.54) is 6.42 Å². The fourth-order valence-electron chi connectivity index (χ4n) is 3.92. The smallest absolute Gasteiger partial charge is 0.318 e. The SMILES string of the molecule is Cc1cnc(C(C)NC(=O)N2CCCCC2c2nnc3n2CCCC3)s1. The zero-order chi connectivity index (χ0) is 18.1. The summed E-state index contributed by atoms with van der Waals surface area (Å²) < 4.78 is 2.24. The molecule has 4 rings (SSSR count). The molecule has 0 radical (unpaired) electrons. The average Bonchev–Trinajstić information content (AvgIpc) is 3.28. The molecule has 0 bridgehead atoms. The van der Waals surface area contributed by atoms with E-state index in [2.05, 4.69) is 25.1 Å². The lowest BCUT2D eigenvalue weighted by atomic mass is 10.0. The van der Waals surface area contributed by atoms with Gasteiger partial charge in [-0.1, -0.05) is 0 Å². The van der Waals surface area contributed by atoms with E-state index in [0.717, 1.165) is 66.7 Å². The molecule has 1 N–H and O–H groups in total. The van der Waals surface area contributed by atoms with Gasteiger partial charge in [0.1, 0.15) is 10.8 Å². The topological polar surface area (TPSA) is 75.9 Å². The van der Waals surface area contributed by atoms with Gasteiger partial charge in [-0.25, -0.2) is 9.78 Å². The number of fused-ring (bicyclic) bond motifs is 1. The van der Waals surface area contributed by atoms with Gasteiger partial charge in [0.05, 0.1) is 12.1 Å². The highest BCUT2D eigenvalue weighted by Crippen LogP contribution is 2.32. The number of aryl methyl sites for hydroxylation is 2. The molecule has 140 valence electrons. The van der Waals surface area contributed by atoms with Crippen molar-refractivity contribution in [2.24, 2.45) is 0 Å². The Bertz CT molecular complexity index is 784. The molecular weight excluding hydrogens is 348 g/mol. The van der Waals surface area contributed by atoms with Crippen LogP contribution in [0.3, 0.4) is 0 Å². The molecule has 2 aromatic rings. The lowest BCUT2D eigenvalue weighted by Gasteiger charge is -2.36. The Kier molecular flexibility index (Phi) is 4.93. The molecule has 8 heteroatoms. The van der Waals surface area contributed by atoms with E-state index in [4.69, 9.17) is 0 Å². The first-order valence-electron chi connectivity index (χ1n) is 9.55. The Hall–Kier alpha value is -1.96. The molecule has 2 aliphatic rings. The van der Waals surface area contributed by atoms with Crippen LogP contribution in [-0.2, 0) is 13.0 Å². The summed E-state index contributed by atoms with van der Waals surface area (Å²) in [6.45, 7) is 5.76. The molecule has 2 unspecified atom stereocenters. The fraction of sp³-hybridized carbons (Fsp3) is 0.667. The number of hydrogen-bond donors (Lipinski definition) is 1. The van der Waals surface area contributed by atoms with Gasteiger partial charge in [-0.15, -0.1) is 21.5 Å². The van der Waals surface area contributed by atoms with Gasteiger partial charge in [0.15, 0.2) is 5.82 Å². The number of hydrogen-bond acceptors (Lipinski definition) is 5. The molecule has 1 saturated heterocycles. The number of nitrogens with zero attached hydrogens (tertiary/aromatic N) is 5. The minimum Gasteiger partial charge on any atom is -0.329 e. The second-order valence-corrected chi connectivity index (χ2v) is 8.53. The van der Waals surface area contributed by atoms with E-state index in [1.54, 1.807) is 11.3 Å². The first-order valence-corrected chi connectivity index (χ1v) is 10.4. The highest BCUT2D eigenvalue weighted by Gasteiger charge is 2.33. The van der Waals surface area contributed by atoms with Crippen LogP contribution in [0.25, 0.3) is 0 Å². The third-order valence-electron chi connectivity index (χ3n) is 5.30. The maximum Gasteiger partial charge on any atom is 0.318 e. The Morgan fingerprint density at radius 3 is 2.92 bits per heavy atom. The summed E-state index contributed by atoms with van der Waals surface area (Å²) in [6, 6.07) is -0.0902. The predicted octanol–water partition coefficient (Wildman–Crippen LogP) is 3.38. The molecule has 0 saturated carbocycles. The number of likely N-dealkylation sites (tertiary alicyclic amines) is 1. The van der Waals surface area contributed by atoms with Gasteiger partial charge in [0.2, 0.25) is 0 Å². The summed E-state index contributed by atoms with van der Waals surface area (Å²) in [5, 5.41) is 12.9. The zero-order valence-corrected chi connectivity index (χ0v) is 16.3. The third kappa shape index (κ3) is 3.34. The van der Waals surface area contributed by atoms with Gasteiger partial charge < -0.3 is 14.8 Å². The van der Waals surface area contributed by atoms with Crippen molar-refractivity contribution in [1.29, 1.82) is 0 Å². The maximum absolute atomic E-state index is 13.0. The molecule has 7 nitrogen and oxygen atoms in total. The van der Waals surface area contributed by atoms with Crippen LogP contribution in [0.4, 0.5) is 4.79 Å². The predicted molar refractivity (Wildman–Crippen MR) is 100 cm³/mol. The summed E-state index contributed by atoms with van der Waals surface area (Å²) in [4.78, 5) is 20.5. The van der Waals surface area contributed by atoms with Gasteiger partial charge in [0.25, 0.3) is 0 Å². The average molecular weight is 375 g/mol. The molecule has 0 aliphatic carbocycles. The molecular formula is C18H26N6OS. The van der Waals surface area contributed by atoms with E-state index in [-0.39, 0.29) is 18.1 Å². The van der Waals surface area contributed by atoms with Crippen molar-refractivity contribution in [3.8, 4) is 0 Å². The van der Waals surface area contributed by atoms with E-state index in [0.29, 0.717) is 0 Å². The molecule has 4 heterocycles. The third-order valence-corrected chi connectivity index (χ3v) is 6.39. The van der Waals surface area contributed by atoms with Crippen LogP contribution in [0.1, 0.15) is 72.6 Å². The molecule has 1 fully saturated rings. The highest BCUT2D eigenvalue weighted by atomic mass is 32.1. The molecule has 2 amide bonds. The largest absolute Gasteiger partial charge is 0.329 e. The number of urea groups is 1. The summed E-state index contributed by atoms with van der Waals surface area (Å²) >= 11 is 1.63. The fourth-order valence-corrected chi connectivity index (χ4v) is 4.70. The minimum atomic E-state index is -0.0870. The van der Waals surface area contributed by atoms with Crippen molar-refractivity contribution in [3.63, 3.8) is 0 Å². The number of carbonyl (C=O) groups is 1. The van der Waals surface area contributed by atoms with Crippen LogP contribution in [-0.4, -0.2) is 37.2 Å². The molecule has 2 atom stereocenters. The van der Waals surface area contributed by atoms with Gasteiger partial charge in [-0.2, -0.15) is 0 Å². The van der Waals surface area contributed by atoms with E-state index < -0.39 is 0 Å². The van der Waals surface area contributed by atoms with Crippen molar-refractivity contribution in [2.45, 2.75) is 71.0 Å². The number of aromatic nitrogens is 4. The Labute approximate surface area is 157 Å². The van der Waals surface area contributed by atoms with Gasteiger partial charge in [0, 0.05) is 30.6 Å². The van der Waals surface area contributed by atoms with Crippen LogP contribution in [0, 0.1) is 6.92 Å². The lowest BCUT2D eigenvalue weighted by Crippen LogP contribution is -2.46. The minimum absolute atomic E-state index is 0.0216. The second kappa shape index (κ2) is 7.34. The van der Waals surface area contributed by atoms with Crippen molar-refractivity contribution in [1.82, 2.24) is 30.0 Å². The van der Waals surface area contributed by atoms with Crippen molar-refractivity contribution in [2.75, 3.05) is 6.54 Å². The van der Waals surface area contributed by atoms with Gasteiger partial charge >= 0.3 is 6.03 Å². The van der Waals surface area contributed by atoms with E-state index in [9.17, 15) is 4.79 Å². The molecule has 0 spiro atoms. The van der Waals surface area contributed by atoms with Gasteiger partial charge in [-0.3, -0.25) is 0 Å². The first kappa shape index (κ1) is 17.5. The van der Waals surface area contributed by atoms with Crippen LogP contribution in [0.15, 0.2) is 6.20 Å². The van der Waals surface area contributed by atoms with Gasteiger partial charge in [-0.05, 0) is 46.0 Å². The normalized spacial score (nSPS) is 21.3. The Morgan fingerprint density at radius 1 is 1.27 bits per heavy atom. The highest BCUT2D eigenvalue weighted by molar-refractivity contribution is 7.11. The van der Waals surface area contributed by atoms with Crippen molar-refractivity contribution in [3.05, 3.63) is 27.7 Å². The standard InChI is InChI=1S/C18H26N6OS/c1-12-11-19-17(26-12)13(2)20-18(25)23-9-5-3-7-14(23)16-22-21-15-8-4-6-10-24(15)16/h11,13-14H,3-10H2,1-2H3,(H,20,25). The summed E-state index contributed by atoms with van der Waals surface area (Å²) in [5.41, 5.74) is 0. The lowest BCUT2D eigenvalue weighted by molar-refractivity contribution is 0.142. The van der Waals surface area contributed by atoms with Crippen LogP contribution < -0.4 is 5.32 Å². The maximum atomic E-state index is 13.0. The second-order valence-electron chi connectivity index (χ2n) is 7.27. The number of piperidine rings is 1. The van der Waals surface area contributed by atoms with Crippen LogP contribution in [0.5, 0.6) is 0 Å². The Morgan fingerprint density at radius 2 is 2.12 bits per heavy atom. The number of carbonyl (C=O) groups excluding carboxylic acids is 1. The van der Waals surface area contributed by atoms with Crippen molar-refractivity contribution >= 4 is 17.4 Å². The monoisotopic (exact) mass is 374 g/mol. The molecule has 0 aromatic carbocycles. The number of thiazole rings is 1. The quantitative estimate of drug-likeness (QED) is 0.894. The number of rotatable bonds is 3. The summed E-state index contributed by atoms with van der Waals surface area (Å²) in [5.74, 6) is 2.04. The summed E-state index contributed by atoms with van der Waals surface area (Å²) in [6.07, 6.45) is 8.31. The molecule has 2 aromatic heterocycles. The number of nitrogens with one attached hydrogen (secondary N) is 1. The van der Waals surface area contributed by atoms with Crippen molar-refractivity contribution < 1.29 is 4.79 Å². The molecule has 2 aliphatic heterocycles.